The maximum atomic E-state index is 12.3. The van der Waals surface area contributed by atoms with Crippen LogP contribution in [-0.4, -0.2) is 19.6 Å². The highest BCUT2D eigenvalue weighted by atomic mass is 16.5. The van der Waals surface area contributed by atoms with Crippen molar-refractivity contribution < 1.29 is 9.53 Å². The Morgan fingerprint density at radius 2 is 2.17 bits per heavy atom. The average Bonchev–Trinajstić information content (AvgIpc) is 2.31. The number of rotatable bonds is 5. The molecule has 1 amide bonds. The van der Waals surface area contributed by atoms with E-state index >= 15 is 0 Å². The molecule has 0 aliphatic heterocycles. The summed E-state index contributed by atoms with van der Waals surface area (Å²) in [6.45, 7) is 0.914. The number of ether oxygens (including phenoxy) is 1. The Kier molecular flexibility index (Phi) is 3.99. The normalized spacial score (nSPS) is 17.0. The second kappa shape index (κ2) is 5.50. The first-order valence-corrected chi connectivity index (χ1v) is 6.30. The molecule has 0 unspecified atom stereocenters. The lowest BCUT2D eigenvalue weighted by molar-refractivity contribution is -0.129. The van der Waals surface area contributed by atoms with Gasteiger partial charge >= 0.3 is 0 Å². The fraction of sp³-hybridized carbons (Fsp3) is 0.500. The van der Waals surface area contributed by atoms with Crippen LogP contribution in [-0.2, 0) is 16.1 Å². The summed E-state index contributed by atoms with van der Waals surface area (Å²) in [6, 6.07) is 7.70. The molecular weight excluding hydrogens is 228 g/mol. The molecular formula is C14H20N2O2. The van der Waals surface area contributed by atoms with Crippen LogP contribution in [0.1, 0.15) is 24.8 Å². The SMILES string of the molecule is COCc1ccccc1NC(=O)C1(CN)CCC1. The van der Waals surface area contributed by atoms with Crippen LogP contribution in [0.5, 0.6) is 0 Å². The van der Waals surface area contributed by atoms with E-state index in [2.05, 4.69) is 5.32 Å². The predicted octanol–water partition coefficient (Wildman–Crippen LogP) is 1.90. The maximum absolute atomic E-state index is 12.3. The fourth-order valence-corrected chi connectivity index (χ4v) is 2.31. The second-order valence-corrected chi connectivity index (χ2v) is 4.88. The zero-order valence-electron chi connectivity index (χ0n) is 10.7. The summed E-state index contributed by atoms with van der Waals surface area (Å²) in [6.07, 6.45) is 2.87. The number of carbonyl (C=O) groups is 1. The lowest BCUT2D eigenvalue weighted by atomic mass is 9.68. The highest BCUT2D eigenvalue weighted by Gasteiger charge is 2.42. The Labute approximate surface area is 108 Å². The highest BCUT2D eigenvalue weighted by Crippen LogP contribution is 2.41. The van der Waals surface area contributed by atoms with E-state index in [1.54, 1.807) is 7.11 Å². The first-order chi connectivity index (χ1) is 8.72. The molecule has 18 heavy (non-hydrogen) atoms. The van der Waals surface area contributed by atoms with Crippen molar-refractivity contribution in [3.63, 3.8) is 0 Å². The van der Waals surface area contributed by atoms with Crippen LogP contribution in [0.15, 0.2) is 24.3 Å². The average molecular weight is 248 g/mol. The third kappa shape index (κ3) is 2.40. The first-order valence-electron chi connectivity index (χ1n) is 6.30. The second-order valence-electron chi connectivity index (χ2n) is 4.88. The molecule has 1 aromatic rings. The molecule has 3 N–H and O–H groups in total. The van der Waals surface area contributed by atoms with Crippen LogP contribution in [0.25, 0.3) is 0 Å². The number of methoxy groups -OCH3 is 1. The molecule has 0 spiro atoms. The summed E-state index contributed by atoms with van der Waals surface area (Å²) in [5, 5.41) is 2.99. The molecule has 1 aromatic carbocycles. The van der Waals surface area contributed by atoms with Crippen LogP contribution >= 0.6 is 0 Å². The molecule has 0 saturated heterocycles. The van der Waals surface area contributed by atoms with Gasteiger partial charge < -0.3 is 15.8 Å². The molecule has 0 atom stereocenters. The Hall–Kier alpha value is -1.39. The van der Waals surface area contributed by atoms with Crippen molar-refractivity contribution >= 4 is 11.6 Å². The molecule has 1 aliphatic carbocycles. The van der Waals surface area contributed by atoms with E-state index in [9.17, 15) is 4.79 Å². The van der Waals surface area contributed by atoms with Gasteiger partial charge in [-0.05, 0) is 18.9 Å². The van der Waals surface area contributed by atoms with Crippen LogP contribution in [0.4, 0.5) is 5.69 Å². The molecule has 0 heterocycles. The van der Waals surface area contributed by atoms with Gasteiger partial charge in [0.2, 0.25) is 5.91 Å². The maximum Gasteiger partial charge on any atom is 0.231 e. The van der Waals surface area contributed by atoms with E-state index in [0.717, 1.165) is 30.5 Å². The third-order valence-corrected chi connectivity index (χ3v) is 3.75. The molecule has 4 nitrogen and oxygen atoms in total. The number of hydrogen-bond acceptors (Lipinski definition) is 3. The number of anilines is 1. The van der Waals surface area contributed by atoms with Gasteiger partial charge in [-0.3, -0.25) is 4.79 Å². The van der Waals surface area contributed by atoms with Gasteiger partial charge in [-0.25, -0.2) is 0 Å². The molecule has 0 aromatic heterocycles. The largest absolute Gasteiger partial charge is 0.380 e. The summed E-state index contributed by atoms with van der Waals surface area (Å²) >= 11 is 0. The Bertz CT molecular complexity index is 422. The number of nitrogens with two attached hydrogens (primary N) is 1. The Balaban J connectivity index is 2.11. The van der Waals surface area contributed by atoms with Gasteiger partial charge in [0.1, 0.15) is 0 Å². The molecule has 1 saturated carbocycles. The van der Waals surface area contributed by atoms with Crippen molar-refractivity contribution in [1.82, 2.24) is 0 Å². The monoisotopic (exact) mass is 248 g/mol. The molecule has 1 fully saturated rings. The van der Waals surface area contributed by atoms with Gasteiger partial charge in [0.15, 0.2) is 0 Å². The van der Waals surface area contributed by atoms with Crippen molar-refractivity contribution in [2.45, 2.75) is 25.9 Å². The first kappa shape index (κ1) is 13.1. The van der Waals surface area contributed by atoms with E-state index in [4.69, 9.17) is 10.5 Å². The van der Waals surface area contributed by atoms with Crippen molar-refractivity contribution in [2.75, 3.05) is 19.0 Å². The van der Waals surface area contributed by atoms with Gasteiger partial charge in [-0.1, -0.05) is 24.6 Å². The van der Waals surface area contributed by atoms with Crippen LogP contribution in [0, 0.1) is 5.41 Å². The van der Waals surface area contributed by atoms with Gasteiger partial charge in [0, 0.05) is 24.9 Å². The van der Waals surface area contributed by atoms with E-state index in [-0.39, 0.29) is 11.3 Å². The Morgan fingerprint density at radius 3 is 2.72 bits per heavy atom. The number of para-hydroxylation sites is 1. The summed E-state index contributed by atoms with van der Waals surface area (Å²) in [7, 11) is 1.64. The third-order valence-electron chi connectivity index (χ3n) is 3.75. The molecule has 2 rings (SSSR count). The number of hydrogen-bond donors (Lipinski definition) is 2. The smallest absolute Gasteiger partial charge is 0.231 e. The van der Waals surface area contributed by atoms with Gasteiger partial charge in [0.25, 0.3) is 0 Å². The summed E-state index contributed by atoms with van der Waals surface area (Å²) < 4.78 is 5.13. The minimum atomic E-state index is -0.347. The number of benzene rings is 1. The van der Waals surface area contributed by atoms with Crippen LogP contribution < -0.4 is 11.1 Å². The van der Waals surface area contributed by atoms with Crippen molar-refractivity contribution in [3.8, 4) is 0 Å². The van der Waals surface area contributed by atoms with Crippen LogP contribution in [0.2, 0.25) is 0 Å². The number of amides is 1. The molecule has 1 aliphatic rings. The number of nitrogens with one attached hydrogen (secondary N) is 1. The molecule has 0 radical (unpaired) electrons. The molecule has 98 valence electrons. The van der Waals surface area contributed by atoms with Crippen molar-refractivity contribution in [1.29, 1.82) is 0 Å². The fourth-order valence-electron chi connectivity index (χ4n) is 2.31. The highest BCUT2D eigenvalue weighted by molar-refractivity contribution is 5.96. The van der Waals surface area contributed by atoms with E-state index < -0.39 is 0 Å². The van der Waals surface area contributed by atoms with E-state index in [1.807, 2.05) is 24.3 Å². The van der Waals surface area contributed by atoms with Crippen molar-refractivity contribution in [3.05, 3.63) is 29.8 Å². The Morgan fingerprint density at radius 1 is 1.44 bits per heavy atom. The van der Waals surface area contributed by atoms with Crippen molar-refractivity contribution in [2.24, 2.45) is 11.1 Å². The standard InChI is InChI=1S/C14H20N2O2/c1-18-9-11-5-2-3-6-12(11)16-13(17)14(10-15)7-4-8-14/h2-3,5-6H,4,7-10,15H2,1H3,(H,16,17). The molecule has 0 bridgehead atoms. The molecule has 4 heteroatoms. The quantitative estimate of drug-likeness (QED) is 0.836. The van der Waals surface area contributed by atoms with Gasteiger partial charge in [-0.15, -0.1) is 0 Å². The van der Waals surface area contributed by atoms with E-state index in [1.165, 1.54) is 0 Å². The minimum Gasteiger partial charge on any atom is -0.380 e. The van der Waals surface area contributed by atoms with E-state index in [0.29, 0.717) is 13.2 Å². The summed E-state index contributed by atoms with van der Waals surface area (Å²) in [5.41, 5.74) is 7.20. The predicted molar refractivity (Wildman–Crippen MR) is 71.1 cm³/mol. The van der Waals surface area contributed by atoms with Gasteiger partial charge in [-0.2, -0.15) is 0 Å². The van der Waals surface area contributed by atoms with Crippen LogP contribution in [0.3, 0.4) is 0 Å². The lowest BCUT2D eigenvalue weighted by Gasteiger charge is -2.39. The topological polar surface area (TPSA) is 64.3 Å². The number of carbonyl (C=O) groups excluding carboxylic acids is 1. The summed E-state index contributed by atoms with van der Waals surface area (Å²) in [4.78, 5) is 12.3. The minimum absolute atomic E-state index is 0.0415. The van der Waals surface area contributed by atoms with Gasteiger partial charge in [0.05, 0.1) is 12.0 Å². The zero-order chi connectivity index (χ0) is 13.0. The lowest BCUT2D eigenvalue weighted by Crippen LogP contribution is -2.47. The summed E-state index contributed by atoms with van der Waals surface area (Å²) in [5.74, 6) is 0.0415. The zero-order valence-corrected chi connectivity index (χ0v) is 10.7.